The van der Waals surface area contributed by atoms with Gasteiger partial charge in [-0.25, -0.2) is 4.39 Å². The number of para-hydroxylation sites is 1. The van der Waals surface area contributed by atoms with E-state index in [1.807, 2.05) is 12.1 Å². The van der Waals surface area contributed by atoms with Crippen LogP contribution in [0.5, 0.6) is 11.5 Å². The summed E-state index contributed by atoms with van der Waals surface area (Å²) in [7, 11) is 3.33. The summed E-state index contributed by atoms with van der Waals surface area (Å²) >= 11 is 0. The highest BCUT2D eigenvalue weighted by atomic mass is 19.1. The molecule has 0 spiro atoms. The van der Waals surface area contributed by atoms with Crippen LogP contribution >= 0.6 is 0 Å². The summed E-state index contributed by atoms with van der Waals surface area (Å²) in [6.45, 7) is 0.0544. The van der Waals surface area contributed by atoms with E-state index in [9.17, 15) is 9.18 Å². The Morgan fingerprint density at radius 1 is 1.21 bits per heavy atom. The Kier molecular flexibility index (Phi) is 4.73. The van der Waals surface area contributed by atoms with Gasteiger partial charge in [0.15, 0.2) is 11.5 Å². The first-order chi connectivity index (χ1) is 13.6. The Morgan fingerprint density at radius 2 is 2.04 bits per heavy atom. The molecule has 0 aliphatic carbocycles. The van der Waals surface area contributed by atoms with Crippen molar-refractivity contribution in [1.82, 2.24) is 9.78 Å². The molecule has 0 unspecified atom stereocenters. The van der Waals surface area contributed by atoms with Gasteiger partial charge in [-0.1, -0.05) is 30.3 Å². The van der Waals surface area contributed by atoms with Crippen LogP contribution in [0, 0.1) is 5.82 Å². The van der Waals surface area contributed by atoms with E-state index in [2.05, 4.69) is 10.4 Å². The smallest absolute Gasteiger partial charge is 0.226 e. The van der Waals surface area contributed by atoms with Crippen molar-refractivity contribution in [2.24, 2.45) is 7.05 Å². The van der Waals surface area contributed by atoms with Crippen molar-refractivity contribution in [3.63, 3.8) is 0 Å². The van der Waals surface area contributed by atoms with Crippen LogP contribution in [0.2, 0.25) is 0 Å². The number of fused-ring (bicyclic) bond motifs is 1. The lowest BCUT2D eigenvalue weighted by Crippen LogP contribution is -2.24. The largest absolute Gasteiger partial charge is 0.493 e. The molecule has 1 N–H and O–H groups in total. The van der Waals surface area contributed by atoms with Crippen LogP contribution in [0.4, 0.5) is 10.2 Å². The van der Waals surface area contributed by atoms with Crippen LogP contribution in [0.15, 0.2) is 48.7 Å². The molecule has 28 heavy (non-hydrogen) atoms. The number of aryl methyl sites for hydroxylation is 1. The number of aromatic nitrogens is 2. The second-order valence-electron chi connectivity index (χ2n) is 6.64. The second-order valence-corrected chi connectivity index (χ2v) is 6.64. The van der Waals surface area contributed by atoms with Crippen molar-refractivity contribution in [3.8, 4) is 11.5 Å². The average molecular weight is 381 g/mol. The molecule has 144 valence electrons. The molecule has 0 saturated carbocycles. The Hall–Kier alpha value is -3.35. The monoisotopic (exact) mass is 381 g/mol. The van der Waals surface area contributed by atoms with Gasteiger partial charge in [-0.15, -0.1) is 0 Å². The summed E-state index contributed by atoms with van der Waals surface area (Å²) in [4.78, 5) is 12.3. The normalized spacial score (nSPS) is 15.7. The van der Waals surface area contributed by atoms with Crippen molar-refractivity contribution in [1.29, 1.82) is 0 Å². The van der Waals surface area contributed by atoms with Gasteiger partial charge in [0, 0.05) is 36.1 Å². The summed E-state index contributed by atoms with van der Waals surface area (Å²) in [6, 6.07) is 12.0. The number of hydrogen-bond acceptors (Lipinski definition) is 4. The maximum Gasteiger partial charge on any atom is 0.226 e. The molecular formula is C21H20FN3O3. The third kappa shape index (κ3) is 3.19. The number of nitrogens with zero attached hydrogens (tertiary/aromatic N) is 2. The molecule has 1 aliphatic heterocycles. The summed E-state index contributed by atoms with van der Waals surface area (Å²) in [5.41, 5.74) is 2.16. The lowest BCUT2D eigenvalue weighted by atomic mass is 9.86. The molecule has 0 saturated heterocycles. The third-order valence-electron chi connectivity index (χ3n) is 4.92. The van der Waals surface area contributed by atoms with Gasteiger partial charge < -0.3 is 14.8 Å². The van der Waals surface area contributed by atoms with Crippen LogP contribution in [0.1, 0.15) is 29.0 Å². The molecule has 4 rings (SSSR count). The fourth-order valence-electron chi connectivity index (χ4n) is 3.51. The predicted octanol–water partition coefficient (Wildman–Crippen LogP) is 3.62. The fourth-order valence-corrected chi connectivity index (χ4v) is 3.51. The van der Waals surface area contributed by atoms with Crippen LogP contribution < -0.4 is 14.8 Å². The second kappa shape index (κ2) is 7.34. The number of anilines is 1. The molecule has 7 heteroatoms. The first-order valence-electron chi connectivity index (χ1n) is 8.93. The zero-order chi connectivity index (χ0) is 19.7. The number of amides is 1. The van der Waals surface area contributed by atoms with Gasteiger partial charge in [0.25, 0.3) is 0 Å². The van der Waals surface area contributed by atoms with Crippen LogP contribution in [-0.2, 0) is 18.4 Å². The molecule has 6 nitrogen and oxygen atoms in total. The summed E-state index contributed by atoms with van der Waals surface area (Å²) in [5.74, 6) is 1.05. The van der Waals surface area contributed by atoms with E-state index in [1.165, 1.54) is 6.07 Å². The van der Waals surface area contributed by atoms with Crippen LogP contribution in [-0.4, -0.2) is 22.8 Å². The summed E-state index contributed by atoms with van der Waals surface area (Å²) in [6.07, 6.45) is 2.02. The van der Waals surface area contributed by atoms with Gasteiger partial charge in [0.05, 0.1) is 13.3 Å². The Bertz CT molecular complexity index is 1030. The Balaban J connectivity index is 1.74. The molecule has 2 aromatic carbocycles. The summed E-state index contributed by atoms with van der Waals surface area (Å²) in [5, 5.41) is 7.13. The van der Waals surface area contributed by atoms with Gasteiger partial charge >= 0.3 is 0 Å². The molecule has 0 radical (unpaired) electrons. The van der Waals surface area contributed by atoms with Crippen LogP contribution in [0.3, 0.4) is 0 Å². The number of methoxy groups -OCH3 is 1. The minimum absolute atomic E-state index is 0.0544. The topological polar surface area (TPSA) is 65.4 Å². The zero-order valence-corrected chi connectivity index (χ0v) is 15.6. The molecule has 1 amide bonds. The lowest BCUT2D eigenvalue weighted by Gasteiger charge is -2.26. The zero-order valence-electron chi connectivity index (χ0n) is 15.6. The molecule has 0 fully saturated rings. The average Bonchev–Trinajstić information content (AvgIpc) is 3.07. The number of carbonyl (C=O) groups excluding carboxylic acids is 1. The number of benzene rings is 2. The van der Waals surface area contributed by atoms with E-state index in [0.29, 0.717) is 22.9 Å². The highest BCUT2D eigenvalue weighted by Crippen LogP contribution is 2.44. The van der Waals surface area contributed by atoms with E-state index < -0.39 is 0 Å². The van der Waals surface area contributed by atoms with Crippen molar-refractivity contribution >= 4 is 11.7 Å². The molecular weight excluding hydrogens is 361 g/mol. The summed E-state index contributed by atoms with van der Waals surface area (Å²) < 4.78 is 27.1. The SMILES string of the molecule is COc1cccc([C@@H]2CC(=O)Nc3c2cnn3C)c1OCc1ccccc1F. The fraction of sp³-hybridized carbons (Fsp3) is 0.238. The van der Waals surface area contributed by atoms with E-state index in [0.717, 1.165) is 11.1 Å². The number of hydrogen-bond donors (Lipinski definition) is 1. The van der Waals surface area contributed by atoms with E-state index in [-0.39, 0.29) is 30.7 Å². The van der Waals surface area contributed by atoms with Gasteiger partial charge in [-0.2, -0.15) is 5.10 Å². The van der Waals surface area contributed by atoms with Crippen molar-refractivity contribution < 1.29 is 18.7 Å². The van der Waals surface area contributed by atoms with Gasteiger partial charge in [-0.05, 0) is 12.1 Å². The Labute approximate surface area is 161 Å². The quantitative estimate of drug-likeness (QED) is 0.733. The molecule has 2 heterocycles. The first-order valence-corrected chi connectivity index (χ1v) is 8.93. The standard InChI is InChI=1S/C21H20FN3O3/c1-25-21-16(11-23-25)15(10-19(26)24-21)14-7-5-9-18(27-2)20(14)28-12-13-6-3-4-8-17(13)22/h3-9,11,15H,10,12H2,1-2H3,(H,24,26)/t15-/m0/s1. The minimum Gasteiger partial charge on any atom is -0.493 e. The third-order valence-corrected chi connectivity index (χ3v) is 4.92. The number of rotatable bonds is 5. The molecule has 1 aromatic heterocycles. The molecule has 0 bridgehead atoms. The van der Waals surface area contributed by atoms with Gasteiger partial charge in [-0.3, -0.25) is 9.48 Å². The van der Waals surface area contributed by atoms with Crippen LogP contribution in [0.25, 0.3) is 0 Å². The maximum atomic E-state index is 14.0. The van der Waals surface area contributed by atoms with E-state index in [4.69, 9.17) is 9.47 Å². The maximum absolute atomic E-state index is 14.0. The highest BCUT2D eigenvalue weighted by Gasteiger charge is 2.32. The number of ether oxygens (including phenoxy) is 2. The number of carbonyl (C=O) groups is 1. The lowest BCUT2D eigenvalue weighted by molar-refractivity contribution is -0.116. The van der Waals surface area contributed by atoms with E-state index >= 15 is 0 Å². The van der Waals surface area contributed by atoms with Crippen molar-refractivity contribution in [2.45, 2.75) is 18.9 Å². The van der Waals surface area contributed by atoms with Gasteiger partial charge in [0.2, 0.25) is 5.91 Å². The molecule has 1 aliphatic rings. The molecule has 1 atom stereocenters. The predicted molar refractivity (Wildman–Crippen MR) is 102 cm³/mol. The molecule has 3 aromatic rings. The van der Waals surface area contributed by atoms with E-state index in [1.54, 1.807) is 49.3 Å². The van der Waals surface area contributed by atoms with Gasteiger partial charge in [0.1, 0.15) is 18.2 Å². The number of nitrogens with one attached hydrogen (secondary N) is 1. The minimum atomic E-state index is -0.328. The van der Waals surface area contributed by atoms with Crippen molar-refractivity contribution in [3.05, 3.63) is 71.2 Å². The first kappa shape index (κ1) is 18.0. The number of halogens is 1. The highest BCUT2D eigenvalue weighted by molar-refractivity contribution is 5.94. The Morgan fingerprint density at radius 3 is 2.82 bits per heavy atom. The van der Waals surface area contributed by atoms with Crippen molar-refractivity contribution in [2.75, 3.05) is 12.4 Å².